The van der Waals surface area contributed by atoms with Crippen LogP contribution in [0.15, 0.2) is 11.6 Å². The van der Waals surface area contributed by atoms with Crippen molar-refractivity contribution in [3.63, 3.8) is 0 Å². The van der Waals surface area contributed by atoms with Gasteiger partial charge in [-0.2, -0.15) is 0 Å². The highest BCUT2D eigenvalue weighted by molar-refractivity contribution is 5.28. The fourth-order valence-electron chi connectivity index (χ4n) is 8.00. The predicted octanol–water partition coefficient (Wildman–Crippen LogP) is 4.46. The van der Waals surface area contributed by atoms with Crippen molar-refractivity contribution < 1.29 is 14.2 Å². The molecule has 25 heavy (non-hydrogen) atoms. The number of hydrogen-bond donors (Lipinski definition) is 0. The molecule has 3 saturated carbocycles. The Balaban J connectivity index is 1.33. The van der Waals surface area contributed by atoms with Crippen molar-refractivity contribution in [2.24, 2.45) is 28.6 Å². The molecule has 2 heterocycles. The molecule has 0 aromatic carbocycles. The fourth-order valence-corrected chi connectivity index (χ4v) is 8.00. The first-order valence-electron chi connectivity index (χ1n) is 10.6. The lowest BCUT2D eigenvalue weighted by molar-refractivity contribution is -0.185. The zero-order valence-corrected chi connectivity index (χ0v) is 15.8. The molecule has 2 saturated heterocycles. The minimum atomic E-state index is -0.277. The third kappa shape index (κ3) is 1.83. The summed E-state index contributed by atoms with van der Waals surface area (Å²) < 4.78 is 18.2. The molecule has 0 amide bonds. The minimum Gasteiger partial charge on any atom is -0.369 e. The standard InChI is InChI=1S/C22H32O3/c1-19-9-10-22(23-11-12-24-22)13-15(19)3-4-16-17(19)5-7-20(2)18(16)6-8-21(20)14-25-21/h3,16-18H,4-14H2,1-2H3/t16-,17-,18-,19+,20+,21-/m1/s1. The molecule has 0 aromatic rings. The first-order valence-corrected chi connectivity index (χ1v) is 10.6. The number of fused-ring (bicyclic) bond motifs is 6. The van der Waals surface area contributed by atoms with E-state index in [9.17, 15) is 0 Å². The molecule has 3 nitrogen and oxygen atoms in total. The van der Waals surface area contributed by atoms with Crippen LogP contribution in [0, 0.1) is 28.6 Å². The molecule has 0 N–H and O–H groups in total. The van der Waals surface area contributed by atoms with E-state index in [0.717, 1.165) is 50.4 Å². The van der Waals surface area contributed by atoms with Gasteiger partial charge in [0.25, 0.3) is 0 Å². The zero-order chi connectivity index (χ0) is 16.9. The molecule has 6 atom stereocenters. The summed E-state index contributed by atoms with van der Waals surface area (Å²) in [5, 5.41) is 0. The quantitative estimate of drug-likeness (QED) is 0.480. The third-order valence-electron chi connectivity index (χ3n) is 9.71. The molecular weight excluding hydrogens is 312 g/mol. The van der Waals surface area contributed by atoms with Crippen molar-refractivity contribution >= 4 is 0 Å². The normalized spacial score (nSPS) is 55.6. The van der Waals surface area contributed by atoms with Crippen LogP contribution in [0.3, 0.4) is 0 Å². The van der Waals surface area contributed by atoms with Crippen molar-refractivity contribution in [3.05, 3.63) is 11.6 Å². The summed E-state index contributed by atoms with van der Waals surface area (Å²) in [5.41, 5.74) is 2.75. The molecule has 138 valence electrons. The molecule has 0 radical (unpaired) electrons. The van der Waals surface area contributed by atoms with Gasteiger partial charge in [0.1, 0.15) is 0 Å². The van der Waals surface area contributed by atoms with Crippen LogP contribution in [0.2, 0.25) is 0 Å². The van der Waals surface area contributed by atoms with Crippen molar-refractivity contribution in [1.29, 1.82) is 0 Å². The van der Waals surface area contributed by atoms with Crippen molar-refractivity contribution in [3.8, 4) is 0 Å². The van der Waals surface area contributed by atoms with Gasteiger partial charge in [0.15, 0.2) is 5.79 Å². The van der Waals surface area contributed by atoms with Gasteiger partial charge in [0.05, 0.1) is 25.4 Å². The maximum atomic E-state index is 6.06. The monoisotopic (exact) mass is 344 g/mol. The molecule has 2 spiro atoms. The SMILES string of the molecule is C[C@]12CCC3(CC1=CC[C@@H]1[C@H]2CC[C@@]2(C)[C@@H]1CC[C@@]21CO1)OCCO3. The zero-order valence-electron chi connectivity index (χ0n) is 15.8. The maximum absolute atomic E-state index is 6.06. The van der Waals surface area contributed by atoms with E-state index in [0.29, 0.717) is 10.8 Å². The lowest BCUT2D eigenvalue weighted by Crippen LogP contribution is -2.53. The number of epoxide rings is 1. The van der Waals surface area contributed by atoms with E-state index < -0.39 is 0 Å². The maximum Gasteiger partial charge on any atom is 0.172 e. The second-order valence-electron chi connectivity index (χ2n) is 10.3. The van der Waals surface area contributed by atoms with Gasteiger partial charge in [-0.1, -0.05) is 25.5 Å². The second kappa shape index (κ2) is 4.72. The van der Waals surface area contributed by atoms with E-state index in [4.69, 9.17) is 14.2 Å². The molecule has 3 heteroatoms. The third-order valence-corrected chi connectivity index (χ3v) is 9.71. The van der Waals surface area contributed by atoms with Gasteiger partial charge in [-0.3, -0.25) is 0 Å². The predicted molar refractivity (Wildman–Crippen MR) is 95.0 cm³/mol. The number of allylic oxidation sites excluding steroid dienone is 1. The van der Waals surface area contributed by atoms with Gasteiger partial charge in [0, 0.05) is 18.3 Å². The van der Waals surface area contributed by atoms with Crippen LogP contribution in [-0.2, 0) is 14.2 Å². The summed E-state index contributed by atoms with van der Waals surface area (Å²) in [4.78, 5) is 0. The Kier molecular flexibility index (Phi) is 2.95. The van der Waals surface area contributed by atoms with E-state index >= 15 is 0 Å². The summed E-state index contributed by atoms with van der Waals surface area (Å²) in [5.74, 6) is 2.33. The second-order valence-corrected chi connectivity index (χ2v) is 10.3. The molecule has 4 aliphatic carbocycles. The lowest BCUT2D eigenvalue weighted by atomic mass is 9.47. The largest absolute Gasteiger partial charge is 0.369 e. The van der Waals surface area contributed by atoms with Gasteiger partial charge < -0.3 is 14.2 Å². The Bertz CT molecular complexity index is 629. The van der Waals surface area contributed by atoms with Crippen molar-refractivity contribution in [2.45, 2.75) is 76.6 Å². The first kappa shape index (κ1) is 15.7. The van der Waals surface area contributed by atoms with E-state index in [1.807, 2.05) is 0 Å². The Morgan fingerprint density at radius 3 is 2.44 bits per heavy atom. The molecule has 0 bridgehead atoms. The molecular formula is C22H32O3. The highest BCUT2D eigenvalue weighted by Gasteiger charge is 2.69. The van der Waals surface area contributed by atoms with Gasteiger partial charge >= 0.3 is 0 Å². The number of rotatable bonds is 0. The van der Waals surface area contributed by atoms with Crippen LogP contribution >= 0.6 is 0 Å². The van der Waals surface area contributed by atoms with Crippen LogP contribution < -0.4 is 0 Å². The molecule has 6 rings (SSSR count). The average molecular weight is 344 g/mol. The van der Waals surface area contributed by atoms with E-state index in [1.54, 1.807) is 5.57 Å². The van der Waals surface area contributed by atoms with Gasteiger partial charge in [-0.25, -0.2) is 0 Å². The molecule has 6 aliphatic rings. The average Bonchev–Trinajstić information content (AvgIpc) is 3.18. The van der Waals surface area contributed by atoms with Crippen molar-refractivity contribution in [1.82, 2.24) is 0 Å². The Hall–Kier alpha value is -0.380. The van der Waals surface area contributed by atoms with Gasteiger partial charge in [-0.05, 0) is 61.7 Å². The number of hydrogen-bond acceptors (Lipinski definition) is 3. The first-order chi connectivity index (χ1) is 12.0. The molecule has 0 unspecified atom stereocenters. The minimum absolute atomic E-state index is 0.273. The van der Waals surface area contributed by atoms with Gasteiger partial charge in [-0.15, -0.1) is 0 Å². The van der Waals surface area contributed by atoms with Crippen LogP contribution in [0.25, 0.3) is 0 Å². The smallest absolute Gasteiger partial charge is 0.172 e. The van der Waals surface area contributed by atoms with E-state index in [1.165, 1.54) is 38.5 Å². The highest BCUT2D eigenvalue weighted by Crippen LogP contribution is 2.71. The summed E-state index contributed by atoms with van der Waals surface area (Å²) in [6.45, 7) is 7.72. The van der Waals surface area contributed by atoms with Crippen LogP contribution in [0.1, 0.15) is 65.2 Å². The molecule has 0 aromatic heterocycles. The molecule has 5 fully saturated rings. The van der Waals surface area contributed by atoms with Crippen LogP contribution in [0.5, 0.6) is 0 Å². The van der Waals surface area contributed by atoms with Crippen LogP contribution in [0.4, 0.5) is 0 Å². The van der Waals surface area contributed by atoms with Crippen molar-refractivity contribution in [2.75, 3.05) is 19.8 Å². The number of ether oxygens (including phenoxy) is 3. The van der Waals surface area contributed by atoms with Gasteiger partial charge in [0.2, 0.25) is 0 Å². The Morgan fingerprint density at radius 1 is 0.920 bits per heavy atom. The Labute approximate surface area is 151 Å². The van der Waals surface area contributed by atoms with Crippen LogP contribution in [-0.4, -0.2) is 31.2 Å². The Morgan fingerprint density at radius 2 is 1.68 bits per heavy atom. The lowest BCUT2D eigenvalue weighted by Gasteiger charge is -2.58. The van der Waals surface area contributed by atoms with E-state index in [2.05, 4.69) is 19.9 Å². The topological polar surface area (TPSA) is 31.0 Å². The van der Waals surface area contributed by atoms with E-state index in [-0.39, 0.29) is 11.4 Å². The molecule has 2 aliphatic heterocycles. The highest BCUT2D eigenvalue weighted by atomic mass is 16.7. The summed E-state index contributed by atoms with van der Waals surface area (Å²) in [6.07, 6.45) is 12.7. The summed E-state index contributed by atoms with van der Waals surface area (Å²) >= 11 is 0. The summed E-state index contributed by atoms with van der Waals surface area (Å²) in [6, 6.07) is 0. The summed E-state index contributed by atoms with van der Waals surface area (Å²) in [7, 11) is 0. The fraction of sp³-hybridized carbons (Fsp3) is 0.909.